The first-order valence-corrected chi connectivity index (χ1v) is 6.92. The van der Waals surface area contributed by atoms with Crippen molar-refractivity contribution in [3.05, 3.63) is 17.0 Å². The molecule has 0 aromatic carbocycles. The van der Waals surface area contributed by atoms with Crippen molar-refractivity contribution in [2.75, 3.05) is 20.6 Å². The van der Waals surface area contributed by atoms with Gasteiger partial charge in [-0.05, 0) is 20.3 Å². The first-order chi connectivity index (χ1) is 9.01. The van der Waals surface area contributed by atoms with Crippen LogP contribution >= 0.6 is 0 Å². The topological polar surface area (TPSA) is 45.4 Å². The third-order valence-corrected chi connectivity index (χ3v) is 3.50. The maximum Gasteiger partial charge on any atom is 0.193 e. The Balaban J connectivity index is 2.63. The molecule has 1 N–H and O–H groups in total. The van der Waals surface area contributed by atoms with E-state index in [9.17, 15) is 0 Å². The maximum atomic E-state index is 4.43. The van der Waals surface area contributed by atoms with Crippen molar-refractivity contribution in [1.82, 2.24) is 20.0 Å². The molecule has 1 heterocycles. The molecule has 0 saturated carbocycles. The number of nitrogens with zero attached hydrogens (tertiary/aromatic N) is 4. The molecular formula is C14H27N5. The molecule has 0 aliphatic carbocycles. The van der Waals surface area contributed by atoms with Crippen LogP contribution in [0.2, 0.25) is 0 Å². The van der Waals surface area contributed by atoms with E-state index in [1.165, 1.54) is 24.1 Å². The number of aryl methyl sites for hydroxylation is 2. The van der Waals surface area contributed by atoms with Crippen molar-refractivity contribution >= 4 is 5.96 Å². The number of aliphatic imine (C=N–C) groups is 1. The van der Waals surface area contributed by atoms with Crippen LogP contribution in [0.25, 0.3) is 0 Å². The Morgan fingerprint density at radius 3 is 2.58 bits per heavy atom. The fourth-order valence-electron chi connectivity index (χ4n) is 2.13. The van der Waals surface area contributed by atoms with Gasteiger partial charge in [0, 0.05) is 45.5 Å². The molecule has 0 saturated heterocycles. The van der Waals surface area contributed by atoms with Crippen LogP contribution in [0.4, 0.5) is 0 Å². The summed E-state index contributed by atoms with van der Waals surface area (Å²) in [6.45, 7) is 8.15. The highest BCUT2D eigenvalue weighted by Gasteiger charge is 2.11. The van der Waals surface area contributed by atoms with Crippen LogP contribution in [-0.2, 0) is 13.6 Å². The molecule has 1 rings (SSSR count). The number of hydrogen-bond donors (Lipinski definition) is 1. The number of guanidine groups is 1. The van der Waals surface area contributed by atoms with Crippen LogP contribution in [0, 0.1) is 13.8 Å². The lowest BCUT2D eigenvalue weighted by atomic mass is 10.2. The van der Waals surface area contributed by atoms with Crippen LogP contribution in [0.5, 0.6) is 0 Å². The lowest BCUT2D eigenvalue weighted by Gasteiger charge is -2.21. The second-order valence-electron chi connectivity index (χ2n) is 4.95. The predicted molar refractivity (Wildman–Crippen MR) is 80.4 cm³/mol. The number of unbranched alkanes of at least 4 members (excludes halogenated alkanes) is 1. The molecular weight excluding hydrogens is 238 g/mol. The summed E-state index contributed by atoms with van der Waals surface area (Å²) in [6, 6.07) is 0. The molecule has 0 spiro atoms. The van der Waals surface area contributed by atoms with E-state index in [4.69, 9.17) is 0 Å². The van der Waals surface area contributed by atoms with Gasteiger partial charge >= 0.3 is 0 Å². The lowest BCUT2D eigenvalue weighted by molar-refractivity contribution is 0.464. The van der Waals surface area contributed by atoms with Gasteiger partial charge in [0.05, 0.1) is 5.69 Å². The molecule has 0 radical (unpaired) electrons. The van der Waals surface area contributed by atoms with Crippen molar-refractivity contribution in [3.63, 3.8) is 0 Å². The highest BCUT2D eigenvalue weighted by atomic mass is 15.3. The summed E-state index contributed by atoms with van der Waals surface area (Å²) in [6.07, 6.45) is 2.38. The van der Waals surface area contributed by atoms with Crippen LogP contribution in [0.1, 0.15) is 36.7 Å². The molecule has 0 amide bonds. The molecule has 0 aliphatic heterocycles. The third kappa shape index (κ3) is 3.98. The van der Waals surface area contributed by atoms with E-state index >= 15 is 0 Å². The molecule has 1 aromatic heterocycles. The molecule has 19 heavy (non-hydrogen) atoms. The number of nitrogens with one attached hydrogen (secondary N) is 1. The average Bonchev–Trinajstić information content (AvgIpc) is 2.62. The van der Waals surface area contributed by atoms with E-state index in [1.54, 1.807) is 0 Å². The number of rotatable bonds is 5. The Morgan fingerprint density at radius 2 is 2.11 bits per heavy atom. The molecule has 5 nitrogen and oxygen atoms in total. The predicted octanol–water partition coefficient (Wildman–Crippen LogP) is 1.84. The summed E-state index contributed by atoms with van der Waals surface area (Å²) in [5.74, 6) is 0.941. The highest BCUT2D eigenvalue weighted by molar-refractivity contribution is 5.79. The number of aromatic nitrogens is 2. The van der Waals surface area contributed by atoms with Gasteiger partial charge in [-0.25, -0.2) is 0 Å². The van der Waals surface area contributed by atoms with E-state index in [2.05, 4.69) is 41.2 Å². The second kappa shape index (κ2) is 7.16. The first kappa shape index (κ1) is 15.5. The molecule has 0 aliphatic rings. The molecule has 5 heteroatoms. The summed E-state index contributed by atoms with van der Waals surface area (Å²) in [7, 11) is 5.88. The Kier molecular flexibility index (Phi) is 5.86. The first-order valence-electron chi connectivity index (χ1n) is 6.92. The molecule has 1 aromatic rings. The van der Waals surface area contributed by atoms with Gasteiger partial charge < -0.3 is 10.2 Å². The minimum absolute atomic E-state index is 0.772. The maximum absolute atomic E-state index is 4.43. The fraction of sp³-hybridized carbons (Fsp3) is 0.714. The lowest BCUT2D eigenvalue weighted by Crippen LogP contribution is -2.39. The molecule has 0 fully saturated rings. The van der Waals surface area contributed by atoms with E-state index in [-0.39, 0.29) is 0 Å². The van der Waals surface area contributed by atoms with Crippen molar-refractivity contribution < 1.29 is 0 Å². The van der Waals surface area contributed by atoms with E-state index < -0.39 is 0 Å². The van der Waals surface area contributed by atoms with Crippen LogP contribution in [0.15, 0.2) is 4.99 Å². The normalized spacial score (nSPS) is 11.8. The van der Waals surface area contributed by atoms with Gasteiger partial charge in [-0.3, -0.25) is 9.67 Å². The van der Waals surface area contributed by atoms with Crippen LogP contribution in [-0.4, -0.2) is 41.3 Å². The highest BCUT2D eigenvalue weighted by Crippen LogP contribution is 2.11. The van der Waals surface area contributed by atoms with Crippen LogP contribution in [0.3, 0.4) is 0 Å². The van der Waals surface area contributed by atoms with Gasteiger partial charge in [-0.2, -0.15) is 5.10 Å². The van der Waals surface area contributed by atoms with Crippen molar-refractivity contribution in [2.45, 2.75) is 40.2 Å². The minimum atomic E-state index is 0.772. The monoisotopic (exact) mass is 265 g/mol. The molecule has 0 bridgehead atoms. The van der Waals surface area contributed by atoms with Crippen molar-refractivity contribution in [1.29, 1.82) is 0 Å². The fourth-order valence-corrected chi connectivity index (χ4v) is 2.13. The molecule has 0 atom stereocenters. The quantitative estimate of drug-likeness (QED) is 0.653. The summed E-state index contributed by atoms with van der Waals surface area (Å²) in [5.41, 5.74) is 3.54. The zero-order valence-corrected chi connectivity index (χ0v) is 13.1. The van der Waals surface area contributed by atoms with Gasteiger partial charge in [0.15, 0.2) is 5.96 Å². The van der Waals surface area contributed by atoms with Gasteiger partial charge in [0.2, 0.25) is 0 Å². The largest absolute Gasteiger partial charge is 0.352 e. The average molecular weight is 265 g/mol. The van der Waals surface area contributed by atoms with Crippen molar-refractivity contribution in [2.24, 2.45) is 12.0 Å². The summed E-state index contributed by atoms with van der Waals surface area (Å²) in [4.78, 5) is 6.50. The molecule has 0 unspecified atom stereocenters. The van der Waals surface area contributed by atoms with Gasteiger partial charge in [0.1, 0.15) is 0 Å². The van der Waals surface area contributed by atoms with E-state index in [1.807, 2.05) is 25.7 Å². The minimum Gasteiger partial charge on any atom is -0.352 e. The third-order valence-electron chi connectivity index (χ3n) is 3.50. The van der Waals surface area contributed by atoms with Crippen molar-refractivity contribution in [3.8, 4) is 0 Å². The second-order valence-corrected chi connectivity index (χ2v) is 4.95. The standard InChI is InChI=1S/C14H27N5/c1-7-8-9-18(5)14(15-4)16-10-13-11(2)17-19(6)12(13)3/h7-10H2,1-6H3,(H,15,16). The van der Waals surface area contributed by atoms with Gasteiger partial charge in [-0.15, -0.1) is 0 Å². The molecule has 108 valence electrons. The number of hydrogen-bond acceptors (Lipinski definition) is 2. The van der Waals surface area contributed by atoms with E-state index in [0.29, 0.717) is 0 Å². The SMILES string of the molecule is CCCCN(C)C(=NC)NCc1c(C)nn(C)c1C. The zero-order valence-electron chi connectivity index (χ0n) is 13.1. The summed E-state index contributed by atoms with van der Waals surface area (Å²) >= 11 is 0. The Bertz CT molecular complexity index is 433. The zero-order chi connectivity index (χ0) is 14.4. The summed E-state index contributed by atoms with van der Waals surface area (Å²) in [5, 5.41) is 7.84. The smallest absolute Gasteiger partial charge is 0.193 e. The Morgan fingerprint density at radius 1 is 1.42 bits per heavy atom. The van der Waals surface area contributed by atoms with Crippen LogP contribution < -0.4 is 5.32 Å². The Hall–Kier alpha value is -1.52. The summed E-state index contributed by atoms with van der Waals surface area (Å²) < 4.78 is 1.93. The van der Waals surface area contributed by atoms with E-state index in [0.717, 1.165) is 24.7 Å². The Labute approximate surface area is 116 Å². The van der Waals surface area contributed by atoms with Gasteiger partial charge in [-0.1, -0.05) is 13.3 Å². The van der Waals surface area contributed by atoms with Gasteiger partial charge in [0.25, 0.3) is 0 Å².